The largest absolute Gasteiger partial charge is 0.336 e. The Morgan fingerprint density at radius 2 is 1.07 bits per heavy atom. The van der Waals surface area contributed by atoms with Gasteiger partial charge in [-0.1, -0.05) is 0 Å². The Morgan fingerprint density at radius 3 is 1.40 bits per heavy atom. The number of nitrogens with zero attached hydrogens (tertiary/aromatic N) is 2. The highest BCUT2D eigenvalue weighted by atomic mass is 16.1. The molecule has 0 radical (unpaired) electrons. The summed E-state index contributed by atoms with van der Waals surface area (Å²) >= 11 is 0. The summed E-state index contributed by atoms with van der Waals surface area (Å²) in [4.78, 5) is 21.7. The van der Waals surface area contributed by atoms with Gasteiger partial charge in [0, 0.05) is 49.1 Å². The van der Waals surface area contributed by atoms with E-state index in [-0.39, 0.29) is 10.9 Å². The molecule has 0 saturated carbocycles. The van der Waals surface area contributed by atoms with Crippen LogP contribution in [0.1, 0.15) is 0 Å². The Bertz CT molecular complexity index is 477. The average Bonchev–Trinajstić information content (AvgIpc) is 2.25. The Hall–Kier alpha value is -2.10. The van der Waals surface area contributed by atoms with E-state index in [4.69, 9.17) is 0 Å². The summed E-state index contributed by atoms with van der Waals surface area (Å²) in [6.07, 6.45) is 6.84. The fraction of sp³-hybridized carbons (Fsp3) is 0.0909. The Morgan fingerprint density at radius 1 is 0.733 bits per heavy atom. The molecule has 0 aliphatic carbocycles. The predicted molar refractivity (Wildman–Crippen MR) is 56.8 cm³/mol. The summed E-state index contributed by atoms with van der Waals surface area (Å²) in [5, 5.41) is 0. The van der Waals surface area contributed by atoms with Crippen LogP contribution in [0.5, 0.6) is 0 Å². The molecule has 76 valence electrons. The van der Waals surface area contributed by atoms with Crippen molar-refractivity contribution in [2.45, 2.75) is 6.67 Å². The molecule has 0 fully saturated rings. The maximum Gasteiger partial charge on any atom is 0.181 e. The maximum atomic E-state index is 10.9. The smallest absolute Gasteiger partial charge is 0.181 e. The molecule has 4 nitrogen and oxygen atoms in total. The molecule has 0 bridgehead atoms. The minimum atomic E-state index is -0.00819. The van der Waals surface area contributed by atoms with Gasteiger partial charge in [-0.2, -0.15) is 0 Å². The third kappa shape index (κ3) is 2.43. The quantitative estimate of drug-likeness (QED) is 0.712. The lowest BCUT2D eigenvalue weighted by Crippen LogP contribution is -2.11. The minimum Gasteiger partial charge on any atom is -0.336 e. The van der Waals surface area contributed by atoms with E-state index in [9.17, 15) is 9.59 Å². The molecule has 0 N–H and O–H groups in total. The number of rotatable bonds is 2. The van der Waals surface area contributed by atoms with Gasteiger partial charge in [-0.25, -0.2) is 0 Å². The SMILES string of the molecule is O=c1ccn(Cn2ccc(=O)cc2)cc1. The van der Waals surface area contributed by atoms with Crippen LogP contribution in [-0.2, 0) is 6.67 Å². The van der Waals surface area contributed by atoms with E-state index in [1.54, 1.807) is 24.8 Å². The molecule has 0 saturated heterocycles. The number of hydrogen-bond acceptors (Lipinski definition) is 2. The van der Waals surface area contributed by atoms with E-state index in [2.05, 4.69) is 0 Å². The molecular weight excluding hydrogens is 192 g/mol. The predicted octanol–water partition coefficient (Wildman–Crippen LogP) is 0.516. The summed E-state index contributed by atoms with van der Waals surface area (Å²) in [5.74, 6) is 0. The lowest BCUT2D eigenvalue weighted by Gasteiger charge is -2.08. The normalized spacial score (nSPS) is 10.1. The van der Waals surface area contributed by atoms with Crippen LogP contribution >= 0.6 is 0 Å². The van der Waals surface area contributed by atoms with E-state index in [0.717, 1.165) is 0 Å². The van der Waals surface area contributed by atoms with Crippen molar-refractivity contribution >= 4 is 0 Å². The van der Waals surface area contributed by atoms with E-state index in [1.165, 1.54) is 24.3 Å². The van der Waals surface area contributed by atoms with E-state index in [0.29, 0.717) is 6.67 Å². The van der Waals surface area contributed by atoms with Crippen LogP contribution in [0.15, 0.2) is 58.6 Å². The summed E-state index contributed by atoms with van der Waals surface area (Å²) in [7, 11) is 0. The van der Waals surface area contributed by atoms with Crippen molar-refractivity contribution in [2.75, 3.05) is 0 Å². The fourth-order valence-corrected chi connectivity index (χ4v) is 1.26. The molecule has 0 atom stereocenters. The Labute approximate surface area is 86.0 Å². The third-order valence-corrected chi connectivity index (χ3v) is 2.05. The van der Waals surface area contributed by atoms with Crippen molar-refractivity contribution in [3.63, 3.8) is 0 Å². The highest BCUT2D eigenvalue weighted by molar-refractivity contribution is 4.96. The Kier molecular flexibility index (Phi) is 2.49. The topological polar surface area (TPSA) is 44.0 Å². The zero-order valence-corrected chi connectivity index (χ0v) is 8.04. The highest BCUT2D eigenvalue weighted by Gasteiger charge is 1.90. The fourth-order valence-electron chi connectivity index (χ4n) is 1.26. The summed E-state index contributed by atoms with van der Waals surface area (Å²) in [5.41, 5.74) is -0.0164. The second kappa shape index (κ2) is 3.96. The van der Waals surface area contributed by atoms with Gasteiger partial charge in [0.1, 0.15) is 0 Å². The average molecular weight is 202 g/mol. The van der Waals surface area contributed by atoms with Gasteiger partial charge < -0.3 is 9.13 Å². The second-order valence-corrected chi connectivity index (χ2v) is 3.24. The van der Waals surface area contributed by atoms with Crippen LogP contribution < -0.4 is 10.9 Å². The van der Waals surface area contributed by atoms with Gasteiger partial charge in [0.05, 0.1) is 6.67 Å². The van der Waals surface area contributed by atoms with Gasteiger partial charge in [-0.15, -0.1) is 0 Å². The van der Waals surface area contributed by atoms with Gasteiger partial charge in [0.25, 0.3) is 0 Å². The zero-order valence-electron chi connectivity index (χ0n) is 8.04. The molecule has 2 heterocycles. The first-order valence-corrected chi connectivity index (χ1v) is 4.56. The number of hydrogen-bond donors (Lipinski definition) is 0. The highest BCUT2D eigenvalue weighted by Crippen LogP contribution is 1.89. The standard InChI is InChI=1S/C11H10N2O2/c14-10-1-5-12(6-2-10)9-13-7-3-11(15)4-8-13/h1-8H,9H2. The first-order chi connectivity index (χ1) is 7.24. The minimum absolute atomic E-state index is 0.00819. The van der Waals surface area contributed by atoms with Crippen molar-refractivity contribution < 1.29 is 0 Å². The molecule has 0 aromatic carbocycles. The van der Waals surface area contributed by atoms with Gasteiger partial charge in [0.15, 0.2) is 10.9 Å². The first kappa shape index (κ1) is 9.45. The van der Waals surface area contributed by atoms with Crippen molar-refractivity contribution in [3.05, 3.63) is 69.5 Å². The van der Waals surface area contributed by atoms with E-state index >= 15 is 0 Å². The molecule has 2 rings (SSSR count). The van der Waals surface area contributed by atoms with Crippen molar-refractivity contribution in [2.24, 2.45) is 0 Å². The van der Waals surface area contributed by atoms with Crippen LogP contribution in [0, 0.1) is 0 Å². The molecule has 2 aromatic heterocycles. The van der Waals surface area contributed by atoms with Gasteiger partial charge in [0.2, 0.25) is 0 Å². The molecule has 0 unspecified atom stereocenters. The van der Waals surface area contributed by atoms with Crippen LogP contribution in [0.4, 0.5) is 0 Å². The molecule has 2 aromatic rings. The van der Waals surface area contributed by atoms with Crippen LogP contribution in [0.25, 0.3) is 0 Å². The van der Waals surface area contributed by atoms with E-state index in [1.807, 2.05) is 9.13 Å². The lowest BCUT2D eigenvalue weighted by molar-refractivity contribution is 0.599. The lowest BCUT2D eigenvalue weighted by atomic mass is 10.4. The molecule has 0 spiro atoms. The second-order valence-electron chi connectivity index (χ2n) is 3.24. The van der Waals surface area contributed by atoms with E-state index < -0.39 is 0 Å². The number of aromatic nitrogens is 2. The molecule has 0 aliphatic rings. The molecular formula is C11H10N2O2. The Balaban J connectivity index is 2.22. The van der Waals surface area contributed by atoms with Gasteiger partial charge >= 0.3 is 0 Å². The van der Waals surface area contributed by atoms with Gasteiger partial charge in [-0.3, -0.25) is 9.59 Å². The summed E-state index contributed by atoms with van der Waals surface area (Å²) in [6.45, 7) is 0.584. The van der Waals surface area contributed by atoms with Crippen LogP contribution in [0.3, 0.4) is 0 Å². The van der Waals surface area contributed by atoms with Crippen LogP contribution in [0.2, 0.25) is 0 Å². The first-order valence-electron chi connectivity index (χ1n) is 4.56. The molecule has 4 heteroatoms. The summed E-state index contributed by atoms with van der Waals surface area (Å²) < 4.78 is 3.71. The number of pyridine rings is 2. The monoisotopic (exact) mass is 202 g/mol. The third-order valence-electron chi connectivity index (χ3n) is 2.05. The van der Waals surface area contributed by atoms with Crippen molar-refractivity contribution in [1.29, 1.82) is 0 Å². The summed E-state index contributed by atoms with van der Waals surface area (Å²) in [6, 6.07) is 6.01. The van der Waals surface area contributed by atoms with Crippen molar-refractivity contribution in [1.82, 2.24) is 9.13 Å². The van der Waals surface area contributed by atoms with Crippen LogP contribution in [-0.4, -0.2) is 9.13 Å². The molecule has 15 heavy (non-hydrogen) atoms. The zero-order chi connectivity index (χ0) is 10.7. The molecule has 0 aliphatic heterocycles. The molecule has 0 amide bonds. The maximum absolute atomic E-state index is 10.9. The van der Waals surface area contributed by atoms with Gasteiger partial charge in [-0.05, 0) is 0 Å². The van der Waals surface area contributed by atoms with Crippen molar-refractivity contribution in [3.8, 4) is 0 Å².